The van der Waals surface area contributed by atoms with Gasteiger partial charge in [-0.05, 0) is 19.8 Å². The van der Waals surface area contributed by atoms with E-state index in [0.717, 1.165) is 24.5 Å². The summed E-state index contributed by atoms with van der Waals surface area (Å²) in [6.07, 6.45) is 2.21. The highest BCUT2D eigenvalue weighted by molar-refractivity contribution is 7.13. The number of aromatic nitrogens is 1. The number of anilines is 1. The smallest absolute Gasteiger partial charge is 0.271 e. The average Bonchev–Trinajstić information content (AvgIpc) is 2.83. The highest BCUT2D eigenvalue weighted by atomic mass is 32.1. The second-order valence-electron chi connectivity index (χ2n) is 3.32. The molecule has 1 amide bonds. The van der Waals surface area contributed by atoms with Gasteiger partial charge in [0.15, 0.2) is 5.13 Å². The largest absolute Gasteiger partial charge is 0.362 e. The third-order valence-corrected chi connectivity index (χ3v) is 2.78. The number of hydrogen-bond acceptors (Lipinski definition) is 4. The fraction of sp³-hybridized carbons (Fsp3) is 0.556. The van der Waals surface area contributed by atoms with Gasteiger partial charge in [0.05, 0.1) is 0 Å². The topological polar surface area (TPSA) is 54.0 Å². The summed E-state index contributed by atoms with van der Waals surface area (Å²) in [5.41, 5.74) is 0.526. The van der Waals surface area contributed by atoms with E-state index in [2.05, 4.69) is 15.6 Å². The summed E-state index contributed by atoms with van der Waals surface area (Å²) >= 11 is 1.47. The summed E-state index contributed by atoms with van der Waals surface area (Å²) in [5, 5.41) is 8.58. The van der Waals surface area contributed by atoms with E-state index in [-0.39, 0.29) is 5.91 Å². The molecule has 1 aromatic rings. The summed E-state index contributed by atoms with van der Waals surface area (Å²) in [5.74, 6) is -0.0482. The summed E-state index contributed by atoms with van der Waals surface area (Å²) < 4.78 is 0. The summed E-state index contributed by atoms with van der Waals surface area (Å²) in [7, 11) is 0. The zero-order valence-corrected chi connectivity index (χ0v) is 8.86. The molecule has 0 bridgehead atoms. The molecule has 2 rings (SSSR count). The highest BCUT2D eigenvalue weighted by Gasteiger charge is 2.24. The van der Waals surface area contributed by atoms with Gasteiger partial charge in [0.1, 0.15) is 5.69 Å². The molecule has 1 fully saturated rings. The van der Waals surface area contributed by atoms with E-state index >= 15 is 0 Å². The van der Waals surface area contributed by atoms with Gasteiger partial charge in [-0.3, -0.25) is 4.79 Å². The fourth-order valence-electron chi connectivity index (χ4n) is 1.10. The molecule has 1 saturated carbocycles. The van der Waals surface area contributed by atoms with Crippen LogP contribution in [0.5, 0.6) is 0 Å². The van der Waals surface area contributed by atoms with Crippen molar-refractivity contribution in [2.75, 3.05) is 11.9 Å². The molecule has 0 unspecified atom stereocenters. The normalized spacial score (nSPS) is 15.2. The molecule has 0 spiro atoms. The van der Waals surface area contributed by atoms with E-state index < -0.39 is 0 Å². The van der Waals surface area contributed by atoms with Crippen LogP contribution in [-0.2, 0) is 0 Å². The monoisotopic (exact) mass is 211 g/mol. The van der Waals surface area contributed by atoms with Crippen LogP contribution in [0.3, 0.4) is 0 Å². The fourth-order valence-corrected chi connectivity index (χ4v) is 1.86. The van der Waals surface area contributed by atoms with Gasteiger partial charge < -0.3 is 10.6 Å². The number of amides is 1. The van der Waals surface area contributed by atoms with Crippen molar-refractivity contribution in [2.45, 2.75) is 25.8 Å². The molecule has 1 aliphatic rings. The molecule has 1 aromatic heterocycles. The van der Waals surface area contributed by atoms with Crippen LogP contribution in [0, 0.1) is 0 Å². The summed E-state index contributed by atoms with van der Waals surface area (Å²) in [4.78, 5) is 15.7. The Bertz CT molecular complexity index is 333. The first kappa shape index (κ1) is 9.45. The SMILES string of the molecule is CCNc1nc(C(=O)NC2CC2)cs1. The highest BCUT2D eigenvalue weighted by Crippen LogP contribution is 2.20. The Labute approximate surface area is 86.7 Å². The van der Waals surface area contributed by atoms with E-state index in [1.54, 1.807) is 5.38 Å². The molecule has 0 saturated heterocycles. The van der Waals surface area contributed by atoms with Gasteiger partial charge in [-0.2, -0.15) is 0 Å². The first-order valence-electron chi connectivity index (χ1n) is 4.80. The third-order valence-electron chi connectivity index (χ3n) is 1.98. The number of nitrogens with one attached hydrogen (secondary N) is 2. The van der Waals surface area contributed by atoms with Crippen molar-refractivity contribution in [1.29, 1.82) is 0 Å². The summed E-state index contributed by atoms with van der Waals surface area (Å²) in [6, 6.07) is 0.395. The zero-order chi connectivity index (χ0) is 9.97. The van der Waals surface area contributed by atoms with Crippen LogP contribution in [-0.4, -0.2) is 23.5 Å². The van der Waals surface area contributed by atoms with Crippen molar-refractivity contribution in [3.05, 3.63) is 11.1 Å². The van der Waals surface area contributed by atoms with Crippen LogP contribution < -0.4 is 10.6 Å². The first-order valence-corrected chi connectivity index (χ1v) is 5.68. The van der Waals surface area contributed by atoms with Crippen molar-refractivity contribution in [3.63, 3.8) is 0 Å². The second kappa shape index (κ2) is 3.96. The van der Waals surface area contributed by atoms with Crippen molar-refractivity contribution >= 4 is 22.4 Å². The lowest BCUT2D eigenvalue weighted by atomic mass is 10.4. The van der Waals surface area contributed by atoms with E-state index in [4.69, 9.17) is 0 Å². The predicted molar refractivity (Wildman–Crippen MR) is 56.8 cm³/mol. The minimum absolute atomic E-state index is 0.0482. The maximum atomic E-state index is 11.5. The molecule has 76 valence electrons. The van der Waals surface area contributed by atoms with Crippen LogP contribution >= 0.6 is 11.3 Å². The van der Waals surface area contributed by atoms with E-state index in [0.29, 0.717) is 11.7 Å². The molecule has 2 N–H and O–H groups in total. The van der Waals surface area contributed by atoms with E-state index in [9.17, 15) is 4.79 Å². The quantitative estimate of drug-likeness (QED) is 0.793. The summed E-state index contributed by atoms with van der Waals surface area (Å²) in [6.45, 7) is 2.84. The Balaban J connectivity index is 1.96. The van der Waals surface area contributed by atoms with Gasteiger partial charge in [-0.15, -0.1) is 11.3 Å². The maximum Gasteiger partial charge on any atom is 0.271 e. The number of thiazole rings is 1. The number of rotatable bonds is 4. The van der Waals surface area contributed by atoms with E-state index in [1.807, 2.05) is 6.92 Å². The maximum absolute atomic E-state index is 11.5. The number of hydrogen-bond donors (Lipinski definition) is 2. The zero-order valence-electron chi connectivity index (χ0n) is 8.04. The van der Waals surface area contributed by atoms with Gasteiger partial charge in [0, 0.05) is 18.0 Å². The van der Waals surface area contributed by atoms with Crippen LogP contribution in [0.2, 0.25) is 0 Å². The van der Waals surface area contributed by atoms with Gasteiger partial charge in [-0.25, -0.2) is 4.98 Å². The number of carbonyl (C=O) groups excluding carboxylic acids is 1. The minimum atomic E-state index is -0.0482. The second-order valence-corrected chi connectivity index (χ2v) is 4.17. The Morgan fingerprint density at radius 1 is 1.71 bits per heavy atom. The van der Waals surface area contributed by atoms with Crippen LogP contribution in [0.15, 0.2) is 5.38 Å². The lowest BCUT2D eigenvalue weighted by Gasteiger charge is -1.98. The first-order chi connectivity index (χ1) is 6.79. The lowest BCUT2D eigenvalue weighted by molar-refractivity contribution is 0.0947. The Morgan fingerprint density at radius 3 is 3.14 bits per heavy atom. The van der Waals surface area contributed by atoms with Crippen LogP contribution in [0.4, 0.5) is 5.13 Å². The van der Waals surface area contributed by atoms with Crippen LogP contribution in [0.1, 0.15) is 30.3 Å². The molecule has 0 aromatic carbocycles. The average molecular weight is 211 g/mol. The molecule has 14 heavy (non-hydrogen) atoms. The van der Waals surface area contributed by atoms with Crippen molar-refractivity contribution in [1.82, 2.24) is 10.3 Å². The third kappa shape index (κ3) is 2.23. The lowest BCUT2D eigenvalue weighted by Crippen LogP contribution is -2.25. The van der Waals surface area contributed by atoms with Gasteiger partial charge in [0.25, 0.3) is 5.91 Å². The molecule has 4 nitrogen and oxygen atoms in total. The molecule has 1 aliphatic carbocycles. The number of carbonyl (C=O) groups is 1. The molecule has 5 heteroatoms. The molecular weight excluding hydrogens is 198 g/mol. The molecule has 0 aliphatic heterocycles. The molecular formula is C9H13N3OS. The van der Waals surface area contributed by atoms with Gasteiger partial charge in [-0.1, -0.05) is 0 Å². The van der Waals surface area contributed by atoms with Crippen molar-refractivity contribution in [2.24, 2.45) is 0 Å². The molecule has 1 heterocycles. The Hall–Kier alpha value is -1.10. The predicted octanol–water partition coefficient (Wildman–Crippen LogP) is 1.47. The Morgan fingerprint density at radius 2 is 2.50 bits per heavy atom. The van der Waals surface area contributed by atoms with Crippen LogP contribution in [0.25, 0.3) is 0 Å². The van der Waals surface area contributed by atoms with Gasteiger partial charge in [0.2, 0.25) is 0 Å². The standard InChI is InChI=1S/C9H13N3OS/c1-2-10-9-12-7(5-14-9)8(13)11-6-3-4-6/h5-6H,2-4H2,1H3,(H,10,12)(H,11,13). The molecule has 0 radical (unpaired) electrons. The van der Waals surface area contributed by atoms with E-state index in [1.165, 1.54) is 11.3 Å². The number of nitrogens with zero attached hydrogens (tertiary/aromatic N) is 1. The molecule has 0 atom stereocenters. The van der Waals surface area contributed by atoms with Gasteiger partial charge >= 0.3 is 0 Å². The minimum Gasteiger partial charge on any atom is -0.362 e. The Kier molecular flexibility index (Phi) is 2.67. The van der Waals surface area contributed by atoms with Crippen molar-refractivity contribution < 1.29 is 4.79 Å². The van der Waals surface area contributed by atoms with Crippen molar-refractivity contribution in [3.8, 4) is 0 Å².